The highest BCUT2D eigenvalue weighted by Gasteiger charge is 2.14. The number of amides is 2. The molecule has 2 aromatic rings. The Labute approximate surface area is 138 Å². The van der Waals surface area contributed by atoms with Crippen LogP contribution in [0, 0.1) is 0 Å². The van der Waals surface area contributed by atoms with Crippen LogP contribution in [0.4, 0.5) is 4.79 Å². The number of halogens is 1. The number of carbonyl (C=O) groups excluding carboxylic acids is 1. The lowest BCUT2D eigenvalue weighted by molar-refractivity contribution is 0.182. The van der Waals surface area contributed by atoms with Crippen molar-refractivity contribution in [2.75, 3.05) is 19.7 Å². The summed E-state index contributed by atoms with van der Waals surface area (Å²) in [5, 5.41) is 16.0. The molecule has 7 nitrogen and oxygen atoms in total. The average Bonchev–Trinajstić information content (AvgIpc) is 3.01. The summed E-state index contributed by atoms with van der Waals surface area (Å²) in [7, 11) is 0. The van der Waals surface area contributed by atoms with Crippen molar-refractivity contribution in [2.45, 2.75) is 6.54 Å². The van der Waals surface area contributed by atoms with Gasteiger partial charge in [-0.05, 0) is 12.1 Å². The molecular formula is C15H17ClN4O3. The first-order valence-corrected chi connectivity index (χ1v) is 7.35. The highest BCUT2D eigenvalue weighted by molar-refractivity contribution is 6.30. The second-order valence-corrected chi connectivity index (χ2v) is 5.08. The van der Waals surface area contributed by atoms with E-state index < -0.39 is 0 Å². The molecule has 0 aliphatic carbocycles. The van der Waals surface area contributed by atoms with Crippen LogP contribution in [-0.4, -0.2) is 45.9 Å². The summed E-state index contributed by atoms with van der Waals surface area (Å²) in [5.74, 6) is 0.672. The van der Waals surface area contributed by atoms with Gasteiger partial charge in [0.15, 0.2) is 0 Å². The van der Waals surface area contributed by atoms with E-state index in [4.69, 9.17) is 21.2 Å². The van der Waals surface area contributed by atoms with E-state index in [-0.39, 0.29) is 31.6 Å². The van der Waals surface area contributed by atoms with E-state index in [9.17, 15) is 4.79 Å². The summed E-state index contributed by atoms with van der Waals surface area (Å²) in [6.45, 7) is 4.09. The van der Waals surface area contributed by atoms with Gasteiger partial charge in [0.2, 0.25) is 11.7 Å². The Balaban J connectivity index is 1.96. The summed E-state index contributed by atoms with van der Waals surface area (Å²) in [5.41, 5.74) is 0.729. The zero-order valence-electron chi connectivity index (χ0n) is 12.4. The van der Waals surface area contributed by atoms with E-state index >= 15 is 0 Å². The van der Waals surface area contributed by atoms with Gasteiger partial charge in [-0.2, -0.15) is 4.98 Å². The van der Waals surface area contributed by atoms with Gasteiger partial charge in [-0.3, -0.25) is 0 Å². The van der Waals surface area contributed by atoms with E-state index in [0.29, 0.717) is 17.4 Å². The normalized spacial score (nSPS) is 10.3. The summed E-state index contributed by atoms with van der Waals surface area (Å²) < 4.78 is 5.10. The molecule has 1 aromatic heterocycles. The van der Waals surface area contributed by atoms with Crippen LogP contribution in [0.5, 0.6) is 0 Å². The molecule has 0 aliphatic rings. The van der Waals surface area contributed by atoms with Crippen molar-refractivity contribution < 1.29 is 14.4 Å². The first kappa shape index (κ1) is 17.0. The second kappa shape index (κ2) is 8.30. The monoisotopic (exact) mass is 336 g/mol. The molecule has 0 fully saturated rings. The van der Waals surface area contributed by atoms with E-state index in [1.807, 2.05) is 6.07 Å². The first-order valence-electron chi connectivity index (χ1n) is 6.97. The Morgan fingerprint density at radius 1 is 1.52 bits per heavy atom. The standard InChI is InChI=1S/C15H17ClN4O3/c1-2-6-20(7-8-21)15(22)17-10-13-18-14(19-23-13)11-4-3-5-12(16)9-11/h2-5,9,21H,1,6-8,10H2,(H,17,22). The molecule has 2 N–H and O–H groups in total. The lowest BCUT2D eigenvalue weighted by Gasteiger charge is -2.19. The van der Waals surface area contributed by atoms with Crippen molar-refractivity contribution in [1.82, 2.24) is 20.4 Å². The zero-order chi connectivity index (χ0) is 16.7. The van der Waals surface area contributed by atoms with Gasteiger partial charge >= 0.3 is 6.03 Å². The molecule has 0 bridgehead atoms. The van der Waals surface area contributed by atoms with Crippen molar-refractivity contribution in [1.29, 1.82) is 0 Å². The average molecular weight is 337 g/mol. The summed E-state index contributed by atoms with van der Waals surface area (Å²) in [6, 6.07) is 6.73. The Morgan fingerprint density at radius 3 is 3.04 bits per heavy atom. The molecule has 1 aromatic carbocycles. The molecule has 0 aliphatic heterocycles. The van der Waals surface area contributed by atoms with Crippen molar-refractivity contribution in [3.05, 3.63) is 47.8 Å². The van der Waals surface area contributed by atoms with Crippen LogP contribution in [0.3, 0.4) is 0 Å². The summed E-state index contributed by atoms with van der Waals surface area (Å²) in [4.78, 5) is 17.6. The predicted molar refractivity (Wildman–Crippen MR) is 85.8 cm³/mol. The summed E-state index contributed by atoms with van der Waals surface area (Å²) >= 11 is 5.92. The topological polar surface area (TPSA) is 91.5 Å². The van der Waals surface area contributed by atoms with Gasteiger partial charge in [-0.25, -0.2) is 4.79 Å². The molecule has 0 saturated heterocycles. The minimum Gasteiger partial charge on any atom is -0.395 e. The molecule has 122 valence electrons. The SMILES string of the molecule is C=CCN(CCO)C(=O)NCc1nc(-c2cccc(Cl)c2)no1. The molecule has 0 spiro atoms. The largest absolute Gasteiger partial charge is 0.395 e. The van der Waals surface area contributed by atoms with Gasteiger partial charge in [-0.15, -0.1) is 6.58 Å². The van der Waals surface area contributed by atoms with Gasteiger partial charge in [0.05, 0.1) is 13.2 Å². The van der Waals surface area contributed by atoms with Crippen LogP contribution in [-0.2, 0) is 6.54 Å². The Kier molecular flexibility index (Phi) is 6.13. The number of aliphatic hydroxyl groups is 1. The second-order valence-electron chi connectivity index (χ2n) is 4.64. The quantitative estimate of drug-likeness (QED) is 0.755. The van der Waals surface area contributed by atoms with Gasteiger partial charge < -0.3 is 19.8 Å². The maximum Gasteiger partial charge on any atom is 0.318 e. The van der Waals surface area contributed by atoms with Gasteiger partial charge in [-0.1, -0.05) is 35.0 Å². The molecule has 0 radical (unpaired) electrons. The molecule has 0 unspecified atom stereocenters. The fourth-order valence-electron chi connectivity index (χ4n) is 1.89. The third-order valence-electron chi connectivity index (χ3n) is 2.95. The number of hydrogen-bond acceptors (Lipinski definition) is 5. The number of benzene rings is 1. The highest BCUT2D eigenvalue weighted by atomic mass is 35.5. The number of aromatic nitrogens is 2. The van der Waals surface area contributed by atoms with E-state index in [2.05, 4.69) is 22.0 Å². The van der Waals surface area contributed by atoms with Crippen LogP contribution in [0.25, 0.3) is 11.4 Å². The fraction of sp³-hybridized carbons (Fsp3) is 0.267. The highest BCUT2D eigenvalue weighted by Crippen LogP contribution is 2.19. The van der Waals surface area contributed by atoms with Crippen LogP contribution in [0.15, 0.2) is 41.4 Å². The van der Waals surface area contributed by atoms with Gasteiger partial charge in [0.25, 0.3) is 0 Å². The van der Waals surface area contributed by atoms with Gasteiger partial charge in [0, 0.05) is 23.7 Å². The van der Waals surface area contributed by atoms with Crippen LogP contribution >= 0.6 is 11.6 Å². The molecule has 0 saturated carbocycles. The van der Waals surface area contributed by atoms with Crippen molar-refractivity contribution in [3.8, 4) is 11.4 Å². The zero-order valence-corrected chi connectivity index (χ0v) is 13.2. The van der Waals surface area contributed by atoms with E-state index in [1.54, 1.807) is 24.3 Å². The Bertz CT molecular complexity index is 674. The predicted octanol–water partition coefficient (Wildman–Crippen LogP) is 2.08. The minimum absolute atomic E-state index is 0.0888. The van der Waals surface area contributed by atoms with Crippen LogP contribution in [0.2, 0.25) is 5.02 Å². The molecular weight excluding hydrogens is 320 g/mol. The number of urea groups is 1. The number of aliphatic hydroxyl groups excluding tert-OH is 1. The molecule has 2 amide bonds. The number of rotatable bonds is 7. The van der Waals surface area contributed by atoms with E-state index in [1.165, 1.54) is 4.90 Å². The van der Waals surface area contributed by atoms with Gasteiger partial charge in [0.1, 0.15) is 0 Å². The number of nitrogens with zero attached hydrogens (tertiary/aromatic N) is 3. The maximum atomic E-state index is 12.0. The number of carbonyl (C=O) groups is 1. The molecule has 1 heterocycles. The van der Waals surface area contributed by atoms with Crippen LogP contribution < -0.4 is 5.32 Å². The molecule has 2 rings (SSSR count). The lowest BCUT2D eigenvalue weighted by atomic mass is 10.2. The smallest absolute Gasteiger partial charge is 0.318 e. The minimum atomic E-state index is -0.346. The fourth-order valence-corrected chi connectivity index (χ4v) is 2.08. The van der Waals surface area contributed by atoms with Crippen LogP contribution in [0.1, 0.15) is 5.89 Å². The third-order valence-corrected chi connectivity index (χ3v) is 3.18. The lowest BCUT2D eigenvalue weighted by Crippen LogP contribution is -2.41. The van der Waals surface area contributed by atoms with E-state index in [0.717, 1.165) is 5.56 Å². The summed E-state index contributed by atoms with van der Waals surface area (Å²) in [6.07, 6.45) is 1.58. The molecule has 8 heteroatoms. The molecule has 0 atom stereocenters. The first-order chi connectivity index (χ1) is 11.1. The number of hydrogen-bond donors (Lipinski definition) is 2. The van der Waals surface area contributed by atoms with Crippen molar-refractivity contribution in [2.24, 2.45) is 0 Å². The van der Waals surface area contributed by atoms with Crippen molar-refractivity contribution >= 4 is 17.6 Å². The molecule has 23 heavy (non-hydrogen) atoms. The third kappa shape index (κ3) is 4.80. The van der Waals surface area contributed by atoms with Crippen molar-refractivity contribution in [3.63, 3.8) is 0 Å². The maximum absolute atomic E-state index is 12.0. The Hall–Kier alpha value is -2.38. The number of nitrogens with one attached hydrogen (secondary N) is 1. The Morgan fingerprint density at radius 2 is 2.35 bits per heavy atom.